The van der Waals surface area contributed by atoms with E-state index in [4.69, 9.17) is 15.2 Å². The van der Waals surface area contributed by atoms with Crippen LogP contribution in [0.15, 0.2) is 18.2 Å². The number of hydrogen-bond donors (Lipinski definition) is 1. The van der Waals surface area contributed by atoms with Gasteiger partial charge in [0.2, 0.25) is 0 Å². The van der Waals surface area contributed by atoms with Gasteiger partial charge in [0.25, 0.3) is 6.43 Å². The fourth-order valence-electron chi connectivity index (χ4n) is 2.32. The lowest BCUT2D eigenvalue weighted by molar-refractivity contribution is 0.0152. The molecule has 1 atom stereocenters. The molecule has 2 N–H and O–H groups in total. The standard InChI is InChI=1S/C15H21F2NO2/c1-15(2)9-20-13-4-3-10(7-11(13)15)12(18)5-6-19-8-14(16)17/h3-4,7,12,14H,5-6,8-9,18H2,1-2H3. The molecule has 0 aliphatic carbocycles. The summed E-state index contributed by atoms with van der Waals surface area (Å²) in [7, 11) is 0. The van der Waals surface area contributed by atoms with E-state index in [1.165, 1.54) is 0 Å². The van der Waals surface area contributed by atoms with Crippen LogP contribution in [-0.4, -0.2) is 26.2 Å². The van der Waals surface area contributed by atoms with Gasteiger partial charge in [-0.2, -0.15) is 0 Å². The SMILES string of the molecule is CC1(C)COc2ccc(C(N)CCOCC(F)F)cc21. The van der Waals surface area contributed by atoms with Crippen molar-refractivity contribution < 1.29 is 18.3 Å². The van der Waals surface area contributed by atoms with Crippen LogP contribution < -0.4 is 10.5 Å². The summed E-state index contributed by atoms with van der Waals surface area (Å²) in [6, 6.07) is 5.70. The Hall–Kier alpha value is -1.20. The first-order valence-corrected chi connectivity index (χ1v) is 6.79. The molecule has 0 saturated heterocycles. The van der Waals surface area contributed by atoms with Crippen molar-refractivity contribution in [3.8, 4) is 5.75 Å². The first-order valence-electron chi connectivity index (χ1n) is 6.79. The molecule has 0 radical (unpaired) electrons. The second-order valence-corrected chi connectivity index (χ2v) is 5.79. The monoisotopic (exact) mass is 285 g/mol. The number of fused-ring (bicyclic) bond motifs is 1. The zero-order valence-corrected chi connectivity index (χ0v) is 11.9. The highest BCUT2D eigenvalue weighted by Gasteiger charge is 2.32. The summed E-state index contributed by atoms with van der Waals surface area (Å²) in [4.78, 5) is 0. The molecule has 2 rings (SSSR count). The van der Waals surface area contributed by atoms with Gasteiger partial charge < -0.3 is 15.2 Å². The van der Waals surface area contributed by atoms with Crippen LogP contribution in [0.5, 0.6) is 5.75 Å². The van der Waals surface area contributed by atoms with E-state index in [2.05, 4.69) is 19.9 Å². The van der Waals surface area contributed by atoms with E-state index in [1.807, 2.05) is 12.1 Å². The lowest BCUT2D eigenvalue weighted by atomic mass is 9.85. The van der Waals surface area contributed by atoms with Crippen molar-refractivity contribution in [3.05, 3.63) is 29.3 Å². The zero-order chi connectivity index (χ0) is 14.8. The Bertz CT molecular complexity index is 463. The molecule has 1 unspecified atom stereocenters. The van der Waals surface area contributed by atoms with Gasteiger partial charge in [-0.25, -0.2) is 8.78 Å². The van der Waals surface area contributed by atoms with Gasteiger partial charge in [-0.1, -0.05) is 19.9 Å². The van der Waals surface area contributed by atoms with Crippen LogP contribution in [-0.2, 0) is 10.2 Å². The van der Waals surface area contributed by atoms with E-state index < -0.39 is 13.0 Å². The van der Waals surface area contributed by atoms with E-state index in [1.54, 1.807) is 0 Å². The summed E-state index contributed by atoms with van der Waals surface area (Å²) in [6.07, 6.45) is -1.91. The third kappa shape index (κ3) is 3.46. The Balaban J connectivity index is 1.96. The molecule has 1 aromatic rings. The van der Waals surface area contributed by atoms with Crippen LogP contribution in [0.3, 0.4) is 0 Å². The van der Waals surface area contributed by atoms with E-state index >= 15 is 0 Å². The van der Waals surface area contributed by atoms with Gasteiger partial charge in [0.05, 0.1) is 6.61 Å². The fourth-order valence-corrected chi connectivity index (χ4v) is 2.32. The zero-order valence-electron chi connectivity index (χ0n) is 11.9. The fraction of sp³-hybridized carbons (Fsp3) is 0.600. The predicted octanol–water partition coefficient (Wildman–Crippen LogP) is 3.03. The minimum atomic E-state index is -2.43. The molecular formula is C15H21F2NO2. The summed E-state index contributed by atoms with van der Waals surface area (Å²) < 4.78 is 34.4. The summed E-state index contributed by atoms with van der Waals surface area (Å²) in [6.45, 7) is 4.62. The van der Waals surface area contributed by atoms with Crippen molar-refractivity contribution in [1.29, 1.82) is 0 Å². The van der Waals surface area contributed by atoms with Crippen molar-refractivity contribution in [2.45, 2.75) is 38.2 Å². The lowest BCUT2D eigenvalue weighted by Gasteiger charge is -2.18. The third-order valence-corrected chi connectivity index (χ3v) is 3.57. The Morgan fingerprint density at radius 1 is 1.40 bits per heavy atom. The number of rotatable bonds is 6. The predicted molar refractivity (Wildman–Crippen MR) is 73.3 cm³/mol. The molecule has 1 aliphatic rings. The molecular weight excluding hydrogens is 264 g/mol. The molecule has 1 aliphatic heterocycles. The molecule has 20 heavy (non-hydrogen) atoms. The lowest BCUT2D eigenvalue weighted by Crippen LogP contribution is -2.19. The normalized spacial score (nSPS) is 17.9. The van der Waals surface area contributed by atoms with Crippen LogP contribution >= 0.6 is 0 Å². The van der Waals surface area contributed by atoms with Crippen molar-refractivity contribution in [2.24, 2.45) is 5.73 Å². The molecule has 112 valence electrons. The van der Waals surface area contributed by atoms with Crippen LogP contribution in [0.4, 0.5) is 8.78 Å². The van der Waals surface area contributed by atoms with Crippen molar-refractivity contribution in [1.82, 2.24) is 0 Å². The number of ether oxygens (including phenoxy) is 2. The Labute approximate surface area is 118 Å². The van der Waals surface area contributed by atoms with E-state index in [9.17, 15) is 8.78 Å². The van der Waals surface area contributed by atoms with E-state index in [0.717, 1.165) is 16.9 Å². The van der Waals surface area contributed by atoms with Crippen LogP contribution in [0.2, 0.25) is 0 Å². The summed E-state index contributed by atoms with van der Waals surface area (Å²) in [5, 5.41) is 0. The highest BCUT2D eigenvalue weighted by molar-refractivity contribution is 5.45. The molecule has 0 saturated carbocycles. The molecule has 0 bridgehead atoms. The smallest absolute Gasteiger partial charge is 0.261 e. The van der Waals surface area contributed by atoms with Gasteiger partial charge in [0, 0.05) is 23.6 Å². The Morgan fingerprint density at radius 2 is 2.15 bits per heavy atom. The quantitative estimate of drug-likeness (QED) is 0.817. The van der Waals surface area contributed by atoms with Crippen molar-refractivity contribution >= 4 is 0 Å². The molecule has 5 heteroatoms. The molecule has 0 spiro atoms. The number of halogens is 2. The first kappa shape index (κ1) is 15.2. The summed E-state index contributed by atoms with van der Waals surface area (Å²) >= 11 is 0. The Morgan fingerprint density at radius 3 is 2.85 bits per heavy atom. The second kappa shape index (κ2) is 6.06. The number of alkyl halides is 2. The van der Waals surface area contributed by atoms with Crippen molar-refractivity contribution in [2.75, 3.05) is 19.8 Å². The van der Waals surface area contributed by atoms with Gasteiger partial charge in [-0.05, 0) is 24.1 Å². The largest absolute Gasteiger partial charge is 0.492 e. The Kier molecular flexibility index (Phi) is 4.60. The topological polar surface area (TPSA) is 44.5 Å². The maximum absolute atomic E-state index is 11.9. The highest BCUT2D eigenvalue weighted by atomic mass is 19.3. The first-order chi connectivity index (χ1) is 9.40. The van der Waals surface area contributed by atoms with Crippen molar-refractivity contribution in [3.63, 3.8) is 0 Å². The molecule has 0 aromatic heterocycles. The molecule has 1 aromatic carbocycles. The molecule has 1 heterocycles. The maximum Gasteiger partial charge on any atom is 0.261 e. The molecule has 3 nitrogen and oxygen atoms in total. The molecule has 0 amide bonds. The van der Waals surface area contributed by atoms with Crippen LogP contribution in [0.25, 0.3) is 0 Å². The van der Waals surface area contributed by atoms with Gasteiger partial charge in [-0.15, -0.1) is 0 Å². The molecule has 0 fully saturated rings. The van der Waals surface area contributed by atoms with Gasteiger partial charge in [-0.3, -0.25) is 0 Å². The third-order valence-electron chi connectivity index (χ3n) is 3.57. The summed E-state index contributed by atoms with van der Waals surface area (Å²) in [5.74, 6) is 0.903. The van der Waals surface area contributed by atoms with Gasteiger partial charge >= 0.3 is 0 Å². The average Bonchev–Trinajstić information content (AvgIpc) is 2.70. The maximum atomic E-state index is 11.9. The highest BCUT2D eigenvalue weighted by Crippen LogP contribution is 2.39. The number of hydrogen-bond acceptors (Lipinski definition) is 3. The van der Waals surface area contributed by atoms with E-state index in [-0.39, 0.29) is 18.1 Å². The summed E-state index contributed by atoms with van der Waals surface area (Å²) in [5.41, 5.74) is 8.21. The van der Waals surface area contributed by atoms with Crippen LogP contribution in [0.1, 0.15) is 37.4 Å². The minimum absolute atomic E-state index is 0.0166. The average molecular weight is 285 g/mol. The number of benzene rings is 1. The number of nitrogens with two attached hydrogens (primary N) is 1. The second-order valence-electron chi connectivity index (χ2n) is 5.79. The van der Waals surface area contributed by atoms with Gasteiger partial charge in [0.1, 0.15) is 12.4 Å². The van der Waals surface area contributed by atoms with Gasteiger partial charge in [0.15, 0.2) is 0 Å². The van der Waals surface area contributed by atoms with Crippen LogP contribution in [0, 0.1) is 0 Å². The minimum Gasteiger partial charge on any atom is -0.492 e. The van der Waals surface area contributed by atoms with E-state index in [0.29, 0.717) is 13.0 Å².